The van der Waals surface area contributed by atoms with Crippen molar-refractivity contribution in [1.29, 1.82) is 0 Å². The fourth-order valence-corrected chi connectivity index (χ4v) is 2.82. The van der Waals surface area contributed by atoms with Gasteiger partial charge in [0.1, 0.15) is 10.6 Å². The second-order valence-electron chi connectivity index (χ2n) is 3.63. The van der Waals surface area contributed by atoms with Crippen molar-refractivity contribution < 1.29 is 23.2 Å². The van der Waals surface area contributed by atoms with Crippen LogP contribution in [0.5, 0.6) is 0 Å². The summed E-state index contributed by atoms with van der Waals surface area (Å²) in [5.74, 6) is -1.20. The first-order valence-corrected chi connectivity index (χ1v) is 6.53. The van der Waals surface area contributed by atoms with Crippen LogP contribution in [-0.4, -0.2) is 42.1 Å². The highest BCUT2D eigenvalue weighted by Gasteiger charge is 2.28. The highest BCUT2D eigenvalue weighted by Crippen LogP contribution is 2.20. The lowest BCUT2D eigenvalue weighted by Crippen LogP contribution is -2.35. The molecule has 2 heterocycles. The second kappa shape index (κ2) is 4.47. The first-order valence-electron chi connectivity index (χ1n) is 5.09. The summed E-state index contributed by atoms with van der Waals surface area (Å²) in [4.78, 5) is 18.0. The molecule has 7 nitrogen and oxygen atoms in total. The van der Waals surface area contributed by atoms with Gasteiger partial charge in [-0.2, -0.15) is 0 Å². The summed E-state index contributed by atoms with van der Waals surface area (Å²) in [5.41, 5.74) is -0.166. The van der Waals surface area contributed by atoms with Gasteiger partial charge >= 0.3 is 5.97 Å². The molecule has 0 bridgehead atoms. The van der Waals surface area contributed by atoms with Crippen LogP contribution in [0.15, 0.2) is 17.2 Å². The predicted octanol–water partition coefficient (Wildman–Crippen LogP) is 0.429. The SMILES string of the molecule is O=C(O)c1cc(S(=O)(=O)N2CCCCO2)c[nH]1. The maximum Gasteiger partial charge on any atom is 0.352 e. The smallest absolute Gasteiger partial charge is 0.352 e. The van der Waals surface area contributed by atoms with E-state index in [1.54, 1.807) is 0 Å². The number of carbonyl (C=O) groups is 1. The monoisotopic (exact) mass is 260 g/mol. The van der Waals surface area contributed by atoms with Gasteiger partial charge in [0.05, 0.1) is 6.61 Å². The van der Waals surface area contributed by atoms with Crippen molar-refractivity contribution in [3.05, 3.63) is 18.0 Å². The Labute approximate surface area is 98.0 Å². The third-order valence-corrected chi connectivity index (χ3v) is 4.08. The minimum Gasteiger partial charge on any atom is -0.477 e. The molecule has 0 aromatic carbocycles. The first kappa shape index (κ1) is 12.1. The highest BCUT2D eigenvalue weighted by molar-refractivity contribution is 7.89. The zero-order valence-corrected chi connectivity index (χ0v) is 9.74. The van der Waals surface area contributed by atoms with E-state index >= 15 is 0 Å². The summed E-state index contributed by atoms with van der Waals surface area (Å²) in [6.45, 7) is 0.644. The Hall–Kier alpha value is -1.38. The number of hydrogen-bond donors (Lipinski definition) is 2. The average molecular weight is 260 g/mol. The molecule has 0 unspecified atom stereocenters. The van der Waals surface area contributed by atoms with Gasteiger partial charge in [0.15, 0.2) is 0 Å². The second-order valence-corrected chi connectivity index (χ2v) is 5.45. The van der Waals surface area contributed by atoms with Gasteiger partial charge in [-0.25, -0.2) is 13.2 Å². The van der Waals surface area contributed by atoms with Gasteiger partial charge in [0.25, 0.3) is 10.0 Å². The molecule has 17 heavy (non-hydrogen) atoms. The number of aromatic amines is 1. The van der Waals surface area contributed by atoms with Crippen molar-refractivity contribution in [3.8, 4) is 0 Å². The van der Waals surface area contributed by atoms with E-state index in [1.165, 1.54) is 0 Å². The fraction of sp³-hybridized carbons (Fsp3) is 0.444. The van der Waals surface area contributed by atoms with Crippen LogP contribution in [0.3, 0.4) is 0 Å². The average Bonchev–Trinajstić information content (AvgIpc) is 2.80. The van der Waals surface area contributed by atoms with Crippen LogP contribution >= 0.6 is 0 Å². The molecule has 1 aromatic heterocycles. The Morgan fingerprint density at radius 2 is 2.24 bits per heavy atom. The van der Waals surface area contributed by atoms with Gasteiger partial charge in [0, 0.05) is 12.7 Å². The molecule has 0 radical (unpaired) electrons. The van der Waals surface area contributed by atoms with Crippen molar-refractivity contribution >= 4 is 16.0 Å². The van der Waals surface area contributed by atoms with Gasteiger partial charge in [-0.15, -0.1) is 0 Å². The number of aromatic carboxylic acids is 1. The summed E-state index contributed by atoms with van der Waals surface area (Å²) in [7, 11) is -3.76. The topological polar surface area (TPSA) is 99.7 Å². The van der Waals surface area contributed by atoms with Gasteiger partial charge in [-0.3, -0.25) is 4.84 Å². The molecular formula is C9H12N2O5S. The van der Waals surface area contributed by atoms with Gasteiger partial charge < -0.3 is 10.1 Å². The van der Waals surface area contributed by atoms with Crippen molar-refractivity contribution in [2.75, 3.05) is 13.2 Å². The van der Waals surface area contributed by atoms with Crippen LogP contribution in [0.1, 0.15) is 23.3 Å². The number of carboxylic acids is 1. The molecule has 0 aliphatic carbocycles. The molecule has 0 spiro atoms. The van der Waals surface area contributed by atoms with E-state index in [9.17, 15) is 13.2 Å². The van der Waals surface area contributed by atoms with E-state index in [0.29, 0.717) is 6.61 Å². The predicted molar refractivity (Wildman–Crippen MR) is 56.8 cm³/mol. The molecule has 2 N–H and O–H groups in total. The Morgan fingerprint density at radius 3 is 2.76 bits per heavy atom. The lowest BCUT2D eigenvalue weighted by atomic mass is 10.3. The lowest BCUT2D eigenvalue weighted by Gasteiger charge is -2.24. The maximum absolute atomic E-state index is 12.0. The molecule has 1 fully saturated rings. The number of carboxylic acid groups (broad SMARTS) is 1. The van der Waals surface area contributed by atoms with Crippen molar-refractivity contribution in [3.63, 3.8) is 0 Å². The molecule has 0 amide bonds. The van der Waals surface area contributed by atoms with E-state index in [1.807, 2.05) is 0 Å². The molecule has 1 aliphatic rings. The molecule has 1 saturated heterocycles. The first-order chi connectivity index (χ1) is 8.01. The van der Waals surface area contributed by atoms with Crippen LogP contribution in [0.4, 0.5) is 0 Å². The summed E-state index contributed by atoms with van der Waals surface area (Å²) < 4.78 is 24.9. The van der Waals surface area contributed by atoms with Gasteiger partial charge in [-0.1, -0.05) is 4.47 Å². The molecule has 0 saturated carbocycles. The zero-order valence-electron chi connectivity index (χ0n) is 8.92. The molecule has 1 aliphatic heterocycles. The standard InChI is InChI=1S/C9H12N2O5S/c12-9(13)8-5-7(6-10-8)17(14,15)11-3-1-2-4-16-11/h5-6,10H,1-4H2,(H,12,13). The summed E-state index contributed by atoms with van der Waals surface area (Å²) in [5, 5.41) is 8.70. The van der Waals surface area contributed by atoms with Crippen molar-refractivity contribution in [1.82, 2.24) is 9.45 Å². The van der Waals surface area contributed by atoms with E-state index in [0.717, 1.165) is 29.6 Å². The van der Waals surface area contributed by atoms with Gasteiger partial charge in [0.2, 0.25) is 0 Å². The number of H-pyrrole nitrogens is 1. The third-order valence-electron chi connectivity index (χ3n) is 2.42. The number of rotatable bonds is 3. The normalized spacial score (nSPS) is 18.1. The van der Waals surface area contributed by atoms with Crippen LogP contribution in [0.25, 0.3) is 0 Å². The van der Waals surface area contributed by atoms with E-state index in [4.69, 9.17) is 9.94 Å². The number of hydroxylamine groups is 1. The third kappa shape index (κ3) is 2.33. The van der Waals surface area contributed by atoms with E-state index in [2.05, 4.69) is 4.98 Å². The molecule has 1 aromatic rings. The van der Waals surface area contributed by atoms with Crippen molar-refractivity contribution in [2.24, 2.45) is 0 Å². The van der Waals surface area contributed by atoms with Crippen LogP contribution in [0.2, 0.25) is 0 Å². The van der Waals surface area contributed by atoms with Crippen LogP contribution < -0.4 is 0 Å². The van der Waals surface area contributed by atoms with E-state index < -0.39 is 16.0 Å². The van der Waals surface area contributed by atoms with Crippen LogP contribution in [-0.2, 0) is 14.9 Å². The summed E-state index contributed by atoms with van der Waals surface area (Å²) in [6.07, 6.45) is 2.70. The number of aromatic nitrogens is 1. The minimum atomic E-state index is -3.76. The Balaban J connectivity index is 2.27. The number of nitrogens with zero attached hydrogens (tertiary/aromatic N) is 1. The number of hydrogen-bond acceptors (Lipinski definition) is 4. The quantitative estimate of drug-likeness (QED) is 0.820. The summed E-state index contributed by atoms with van der Waals surface area (Å²) in [6, 6.07) is 1.08. The Kier molecular flexibility index (Phi) is 3.18. The molecular weight excluding hydrogens is 248 g/mol. The molecule has 94 valence electrons. The summed E-state index contributed by atoms with van der Waals surface area (Å²) >= 11 is 0. The number of nitrogens with one attached hydrogen (secondary N) is 1. The largest absolute Gasteiger partial charge is 0.477 e. The Morgan fingerprint density at radius 1 is 1.47 bits per heavy atom. The van der Waals surface area contributed by atoms with Crippen molar-refractivity contribution in [2.45, 2.75) is 17.7 Å². The Bertz CT molecular complexity index is 515. The molecule has 2 rings (SSSR count). The lowest BCUT2D eigenvalue weighted by molar-refractivity contribution is -0.108. The van der Waals surface area contributed by atoms with Gasteiger partial charge in [-0.05, 0) is 18.9 Å². The van der Waals surface area contributed by atoms with E-state index in [-0.39, 0.29) is 17.1 Å². The maximum atomic E-state index is 12.0. The fourth-order valence-electron chi connectivity index (χ4n) is 1.53. The zero-order chi connectivity index (χ0) is 12.5. The minimum absolute atomic E-state index is 0.100. The molecule has 8 heteroatoms. The molecule has 0 atom stereocenters. The van der Waals surface area contributed by atoms with Crippen LogP contribution in [0, 0.1) is 0 Å². The highest BCUT2D eigenvalue weighted by atomic mass is 32.2. The number of sulfonamides is 1.